The normalized spacial score (nSPS) is 38.2. The molecule has 48 valence electrons. The molecule has 0 aliphatic carbocycles. The van der Waals surface area contributed by atoms with Crippen LogP contribution in [0, 0.1) is 0 Å². The van der Waals surface area contributed by atoms with E-state index in [0.717, 1.165) is 19.4 Å². The molecular formula is C6H13NO. The van der Waals surface area contributed by atoms with E-state index >= 15 is 0 Å². The maximum absolute atomic E-state index is 9.13. The van der Waals surface area contributed by atoms with Crippen molar-refractivity contribution in [2.75, 3.05) is 6.54 Å². The smallest absolute Gasteiger partial charge is 0.0705 e. The van der Waals surface area contributed by atoms with E-state index in [1.165, 1.54) is 0 Å². The van der Waals surface area contributed by atoms with E-state index in [1.54, 1.807) is 0 Å². The van der Waals surface area contributed by atoms with Crippen LogP contribution in [0.2, 0.25) is 0 Å². The van der Waals surface area contributed by atoms with Crippen molar-refractivity contribution in [2.24, 2.45) is 0 Å². The lowest BCUT2D eigenvalue weighted by Gasteiger charge is -2.09. The Morgan fingerprint density at radius 1 is 1.75 bits per heavy atom. The molecule has 1 heterocycles. The van der Waals surface area contributed by atoms with Gasteiger partial charge in [0.2, 0.25) is 0 Å². The molecule has 1 rings (SSSR count). The second-order valence-corrected chi connectivity index (χ2v) is 2.32. The number of aliphatic hydroxyl groups is 1. The molecule has 0 amide bonds. The van der Waals surface area contributed by atoms with Crippen LogP contribution in [0.15, 0.2) is 0 Å². The summed E-state index contributed by atoms with van der Waals surface area (Å²) in [5.74, 6) is 0. The van der Waals surface area contributed by atoms with Gasteiger partial charge in [0, 0.05) is 6.04 Å². The molecule has 1 aliphatic heterocycles. The Kier molecular flexibility index (Phi) is 1.86. The van der Waals surface area contributed by atoms with Gasteiger partial charge in [-0.3, -0.25) is 0 Å². The fourth-order valence-electron chi connectivity index (χ4n) is 1.17. The summed E-state index contributed by atoms with van der Waals surface area (Å²) in [5, 5.41) is 12.3. The molecule has 1 aliphatic rings. The minimum Gasteiger partial charge on any atom is -0.391 e. The van der Waals surface area contributed by atoms with Crippen molar-refractivity contribution in [1.29, 1.82) is 0 Å². The van der Waals surface area contributed by atoms with Crippen molar-refractivity contribution in [1.82, 2.24) is 5.32 Å². The largest absolute Gasteiger partial charge is 0.391 e. The van der Waals surface area contributed by atoms with Crippen LogP contribution in [0.4, 0.5) is 0 Å². The van der Waals surface area contributed by atoms with Gasteiger partial charge in [0.25, 0.3) is 0 Å². The second-order valence-electron chi connectivity index (χ2n) is 2.32. The van der Waals surface area contributed by atoms with Gasteiger partial charge in [0.1, 0.15) is 0 Å². The van der Waals surface area contributed by atoms with Crippen molar-refractivity contribution >= 4 is 0 Å². The Morgan fingerprint density at radius 2 is 2.50 bits per heavy atom. The third-order valence-electron chi connectivity index (χ3n) is 1.75. The van der Waals surface area contributed by atoms with Gasteiger partial charge in [-0.1, -0.05) is 6.92 Å². The topological polar surface area (TPSA) is 32.3 Å². The zero-order valence-electron chi connectivity index (χ0n) is 5.22. The van der Waals surface area contributed by atoms with Gasteiger partial charge in [-0.2, -0.15) is 0 Å². The van der Waals surface area contributed by atoms with E-state index in [-0.39, 0.29) is 6.10 Å². The monoisotopic (exact) mass is 115 g/mol. The van der Waals surface area contributed by atoms with E-state index in [1.807, 2.05) is 0 Å². The first-order valence-corrected chi connectivity index (χ1v) is 3.26. The molecule has 0 aromatic rings. The summed E-state index contributed by atoms with van der Waals surface area (Å²) >= 11 is 0. The van der Waals surface area contributed by atoms with Crippen LogP contribution in [0.5, 0.6) is 0 Å². The Morgan fingerprint density at radius 3 is 2.75 bits per heavy atom. The quantitative estimate of drug-likeness (QED) is 0.508. The standard InChI is InChI=1S/C6H13NO/c1-2-5-6(8)3-4-7-5/h5-8H,2-4H2,1H3/t5-,6-/m1/s1. The predicted molar refractivity (Wildman–Crippen MR) is 32.7 cm³/mol. The third-order valence-corrected chi connectivity index (χ3v) is 1.75. The van der Waals surface area contributed by atoms with Crippen molar-refractivity contribution < 1.29 is 5.11 Å². The molecule has 1 fully saturated rings. The van der Waals surface area contributed by atoms with Crippen LogP contribution < -0.4 is 5.32 Å². The van der Waals surface area contributed by atoms with Crippen LogP contribution in [0.1, 0.15) is 19.8 Å². The Labute approximate surface area is 49.9 Å². The maximum Gasteiger partial charge on any atom is 0.0705 e. The van der Waals surface area contributed by atoms with Gasteiger partial charge in [-0.25, -0.2) is 0 Å². The van der Waals surface area contributed by atoms with Gasteiger partial charge >= 0.3 is 0 Å². The summed E-state index contributed by atoms with van der Waals surface area (Å²) in [7, 11) is 0. The summed E-state index contributed by atoms with van der Waals surface area (Å²) in [6.45, 7) is 3.08. The summed E-state index contributed by atoms with van der Waals surface area (Å²) in [4.78, 5) is 0. The molecular weight excluding hydrogens is 102 g/mol. The average Bonchev–Trinajstić information content (AvgIpc) is 2.14. The third kappa shape index (κ3) is 1.01. The van der Waals surface area contributed by atoms with Crippen LogP contribution in [0.3, 0.4) is 0 Å². The average molecular weight is 115 g/mol. The molecule has 0 spiro atoms. The van der Waals surface area contributed by atoms with Crippen molar-refractivity contribution in [3.63, 3.8) is 0 Å². The zero-order valence-corrected chi connectivity index (χ0v) is 5.22. The number of hydrogen-bond acceptors (Lipinski definition) is 2. The van der Waals surface area contributed by atoms with Crippen molar-refractivity contribution in [2.45, 2.75) is 31.9 Å². The minimum atomic E-state index is -0.0833. The SMILES string of the molecule is CC[C@H]1NCC[C@H]1O. The van der Waals surface area contributed by atoms with E-state index in [0.29, 0.717) is 6.04 Å². The van der Waals surface area contributed by atoms with Crippen molar-refractivity contribution in [3.05, 3.63) is 0 Å². The van der Waals surface area contributed by atoms with Gasteiger partial charge < -0.3 is 10.4 Å². The fourth-order valence-corrected chi connectivity index (χ4v) is 1.17. The number of rotatable bonds is 1. The van der Waals surface area contributed by atoms with Gasteiger partial charge in [0.15, 0.2) is 0 Å². The van der Waals surface area contributed by atoms with E-state index in [9.17, 15) is 0 Å². The molecule has 0 aromatic carbocycles. The highest BCUT2D eigenvalue weighted by atomic mass is 16.3. The van der Waals surface area contributed by atoms with E-state index < -0.39 is 0 Å². The predicted octanol–water partition coefficient (Wildman–Crippen LogP) is 0.119. The second kappa shape index (κ2) is 2.46. The van der Waals surface area contributed by atoms with Gasteiger partial charge in [0.05, 0.1) is 6.10 Å². The molecule has 1 saturated heterocycles. The Balaban J connectivity index is 2.30. The lowest BCUT2D eigenvalue weighted by Crippen LogP contribution is -2.28. The minimum absolute atomic E-state index is 0.0833. The summed E-state index contributed by atoms with van der Waals surface area (Å²) in [6, 6.07) is 0.370. The lowest BCUT2D eigenvalue weighted by atomic mass is 10.1. The summed E-state index contributed by atoms with van der Waals surface area (Å²) < 4.78 is 0. The van der Waals surface area contributed by atoms with Crippen LogP contribution in [-0.2, 0) is 0 Å². The molecule has 2 atom stereocenters. The van der Waals surface area contributed by atoms with Crippen molar-refractivity contribution in [3.8, 4) is 0 Å². The Hall–Kier alpha value is -0.0800. The summed E-state index contributed by atoms with van der Waals surface area (Å²) in [6.07, 6.45) is 1.89. The molecule has 0 bridgehead atoms. The molecule has 0 unspecified atom stereocenters. The highest BCUT2D eigenvalue weighted by molar-refractivity contribution is 4.81. The first kappa shape index (κ1) is 6.05. The summed E-state index contributed by atoms with van der Waals surface area (Å²) in [5.41, 5.74) is 0. The van der Waals surface area contributed by atoms with E-state index in [2.05, 4.69) is 12.2 Å². The highest BCUT2D eigenvalue weighted by Gasteiger charge is 2.21. The molecule has 0 saturated carbocycles. The first-order chi connectivity index (χ1) is 3.84. The maximum atomic E-state index is 9.13. The molecule has 2 nitrogen and oxygen atoms in total. The molecule has 0 aromatic heterocycles. The molecule has 2 heteroatoms. The molecule has 8 heavy (non-hydrogen) atoms. The Bertz CT molecular complexity index is 74.9. The number of hydrogen-bond donors (Lipinski definition) is 2. The van der Waals surface area contributed by atoms with Crippen LogP contribution in [0.25, 0.3) is 0 Å². The molecule has 0 radical (unpaired) electrons. The van der Waals surface area contributed by atoms with Crippen LogP contribution in [-0.4, -0.2) is 23.8 Å². The van der Waals surface area contributed by atoms with Gasteiger partial charge in [-0.05, 0) is 19.4 Å². The number of aliphatic hydroxyl groups excluding tert-OH is 1. The van der Waals surface area contributed by atoms with Gasteiger partial charge in [-0.15, -0.1) is 0 Å². The first-order valence-electron chi connectivity index (χ1n) is 3.26. The van der Waals surface area contributed by atoms with Crippen LogP contribution >= 0.6 is 0 Å². The molecule has 2 N–H and O–H groups in total. The zero-order chi connectivity index (χ0) is 5.98. The fraction of sp³-hybridized carbons (Fsp3) is 1.00. The highest BCUT2D eigenvalue weighted by Crippen LogP contribution is 2.08. The number of nitrogens with one attached hydrogen (secondary N) is 1. The van der Waals surface area contributed by atoms with E-state index in [4.69, 9.17) is 5.11 Å². The lowest BCUT2D eigenvalue weighted by molar-refractivity contribution is 0.157.